The van der Waals surface area contributed by atoms with Crippen LogP contribution >= 0.6 is 12.6 Å². The lowest BCUT2D eigenvalue weighted by molar-refractivity contribution is 0.0533. The molecule has 1 aliphatic rings. The van der Waals surface area contributed by atoms with Gasteiger partial charge in [0.25, 0.3) is 11.8 Å². The Morgan fingerprint density at radius 1 is 0.852 bits per heavy atom. The maximum Gasteiger partial charge on any atom is 0.255 e. The third-order valence-electron chi connectivity index (χ3n) is 4.59. The van der Waals surface area contributed by atoms with Crippen molar-refractivity contribution in [1.82, 2.24) is 9.80 Å². The molecule has 142 valence electrons. The topological polar surface area (TPSA) is 59.1 Å². The van der Waals surface area contributed by atoms with E-state index in [0.717, 1.165) is 0 Å². The van der Waals surface area contributed by atoms with Gasteiger partial charge in [0, 0.05) is 42.7 Å². The summed E-state index contributed by atoms with van der Waals surface area (Å²) in [5.41, 5.74) is 1.09. The molecular formula is C20H22N2O4S. The molecule has 0 N–H and O–H groups in total. The highest BCUT2D eigenvalue weighted by Crippen LogP contribution is 2.24. The molecule has 2 amide bonds. The first kappa shape index (κ1) is 19.1. The van der Waals surface area contributed by atoms with E-state index in [1.54, 1.807) is 54.4 Å². The molecule has 0 saturated carbocycles. The second-order valence-corrected chi connectivity index (χ2v) is 6.68. The highest BCUT2D eigenvalue weighted by molar-refractivity contribution is 7.80. The van der Waals surface area contributed by atoms with Crippen LogP contribution in [0.15, 0.2) is 47.4 Å². The summed E-state index contributed by atoms with van der Waals surface area (Å²) >= 11 is 4.36. The predicted octanol–water partition coefficient (Wildman–Crippen LogP) is 2.59. The molecule has 0 unspecified atom stereocenters. The van der Waals surface area contributed by atoms with Gasteiger partial charge in [-0.15, -0.1) is 12.6 Å². The van der Waals surface area contributed by atoms with E-state index in [4.69, 9.17) is 9.47 Å². The van der Waals surface area contributed by atoms with Crippen molar-refractivity contribution in [2.45, 2.75) is 4.90 Å². The summed E-state index contributed by atoms with van der Waals surface area (Å²) in [6.07, 6.45) is 0. The number of benzene rings is 2. The van der Waals surface area contributed by atoms with Crippen LogP contribution in [0, 0.1) is 0 Å². The van der Waals surface area contributed by atoms with Gasteiger partial charge in [-0.3, -0.25) is 9.59 Å². The molecule has 1 heterocycles. The van der Waals surface area contributed by atoms with Gasteiger partial charge in [-0.2, -0.15) is 0 Å². The molecule has 0 radical (unpaired) electrons. The summed E-state index contributed by atoms with van der Waals surface area (Å²) in [4.78, 5) is 29.7. The molecule has 0 atom stereocenters. The Labute approximate surface area is 164 Å². The van der Waals surface area contributed by atoms with Crippen molar-refractivity contribution in [3.8, 4) is 11.5 Å². The maximum absolute atomic E-state index is 12.8. The van der Waals surface area contributed by atoms with Crippen LogP contribution in [0.5, 0.6) is 11.5 Å². The molecule has 0 spiro atoms. The van der Waals surface area contributed by atoms with Gasteiger partial charge in [0.2, 0.25) is 0 Å². The van der Waals surface area contributed by atoms with Gasteiger partial charge in [0.1, 0.15) is 11.5 Å². The van der Waals surface area contributed by atoms with E-state index >= 15 is 0 Å². The average molecular weight is 386 g/mol. The van der Waals surface area contributed by atoms with E-state index in [0.29, 0.717) is 53.7 Å². The van der Waals surface area contributed by atoms with Gasteiger partial charge in [0.15, 0.2) is 0 Å². The number of carbonyl (C=O) groups excluding carboxylic acids is 2. The minimum atomic E-state index is -0.103. The number of carbonyl (C=O) groups is 2. The third kappa shape index (κ3) is 4.19. The van der Waals surface area contributed by atoms with Crippen LogP contribution in [-0.2, 0) is 0 Å². The monoisotopic (exact) mass is 386 g/mol. The summed E-state index contributed by atoms with van der Waals surface area (Å²) in [6.45, 7) is 1.90. The summed E-state index contributed by atoms with van der Waals surface area (Å²) in [6, 6.07) is 12.3. The number of piperazine rings is 1. The highest BCUT2D eigenvalue weighted by atomic mass is 32.1. The smallest absolute Gasteiger partial charge is 0.255 e. The largest absolute Gasteiger partial charge is 0.497 e. The number of nitrogens with zero attached hydrogens (tertiary/aromatic N) is 2. The van der Waals surface area contributed by atoms with Crippen LogP contribution in [0.25, 0.3) is 0 Å². The van der Waals surface area contributed by atoms with Gasteiger partial charge in [-0.1, -0.05) is 12.1 Å². The first-order chi connectivity index (χ1) is 13.0. The van der Waals surface area contributed by atoms with Crippen molar-refractivity contribution < 1.29 is 19.1 Å². The van der Waals surface area contributed by atoms with E-state index in [1.165, 1.54) is 0 Å². The Hall–Kier alpha value is -2.67. The zero-order chi connectivity index (χ0) is 19.4. The summed E-state index contributed by atoms with van der Waals surface area (Å²) in [5, 5.41) is 0. The fourth-order valence-corrected chi connectivity index (χ4v) is 3.31. The second-order valence-electron chi connectivity index (χ2n) is 6.20. The van der Waals surface area contributed by atoms with E-state index in [9.17, 15) is 9.59 Å². The highest BCUT2D eigenvalue weighted by Gasteiger charge is 2.26. The van der Waals surface area contributed by atoms with Crippen LogP contribution in [0.1, 0.15) is 20.7 Å². The Bertz CT molecular complexity index is 825. The molecule has 7 heteroatoms. The SMILES string of the molecule is COc1cc(OC)cc(C(=O)N2CCN(C(=O)c3ccccc3S)CC2)c1. The number of hydrogen-bond acceptors (Lipinski definition) is 5. The minimum absolute atomic E-state index is 0.0595. The van der Waals surface area contributed by atoms with Crippen LogP contribution in [0.3, 0.4) is 0 Å². The molecule has 2 aromatic rings. The Morgan fingerprint density at radius 2 is 1.37 bits per heavy atom. The fraction of sp³-hybridized carbons (Fsp3) is 0.300. The van der Waals surface area contributed by atoms with Crippen molar-refractivity contribution in [1.29, 1.82) is 0 Å². The quantitative estimate of drug-likeness (QED) is 0.821. The molecule has 0 bridgehead atoms. The van der Waals surface area contributed by atoms with E-state index in [-0.39, 0.29) is 11.8 Å². The normalized spacial score (nSPS) is 14.0. The second kappa shape index (κ2) is 8.35. The number of thiol groups is 1. The fourth-order valence-electron chi connectivity index (χ4n) is 3.05. The Morgan fingerprint density at radius 3 is 1.89 bits per heavy atom. The zero-order valence-corrected chi connectivity index (χ0v) is 16.2. The number of ether oxygens (including phenoxy) is 2. The van der Waals surface area contributed by atoms with Crippen molar-refractivity contribution in [2.24, 2.45) is 0 Å². The van der Waals surface area contributed by atoms with Gasteiger partial charge in [-0.05, 0) is 24.3 Å². The molecule has 1 fully saturated rings. The maximum atomic E-state index is 12.8. The Kier molecular flexibility index (Phi) is 5.91. The Balaban J connectivity index is 1.68. The zero-order valence-electron chi connectivity index (χ0n) is 15.3. The van der Waals surface area contributed by atoms with Crippen LogP contribution in [-0.4, -0.2) is 62.0 Å². The molecule has 0 aliphatic carbocycles. The molecule has 6 nitrogen and oxygen atoms in total. The predicted molar refractivity (Wildman–Crippen MR) is 105 cm³/mol. The molecule has 3 rings (SSSR count). The average Bonchev–Trinajstić information content (AvgIpc) is 2.72. The van der Waals surface area contributed by atoms with Gasteiger partial charge in [0.05, 0.1) is 19.8 Å². The van der Waals surface area contributed by atoms with Crippen molar-refractivity contribution in [3.05, 3.63) is 53.6 Å². The van der Waals surface area contributed by atoms with Crippen molar-refractivity contribution >= 4 is 24.4 Å². The number of amides is 2. The first-order valence-corrected chi connectivity index (χ1v) is 9.08. The first-order valence-electron chi connectivity index (χ1n) is 8.63. The number of hydrogen-bond donors (Lipinski definition) is 1. The molecule has 27 heavy (non-hydrogen) atoms. The molecule has 1 aliphatic heterocycles. The lowest BCUT2D eigenvalue weighted by atomic mass is 10.1. The van der Waals surface area contributed by atoms with Gasteiger partial charge in [-0.25, -0.2) is 0 Å². The summed E-state index contributed by atoms with van der Waals surface area (Å²) in [7, 11) is 3.10. The lowest BCUT2D eigenvalue weighted by Gasteiger charge is -2.35. The molecule has 0 aromatic heterocycles. The minimum Gasteiger partial charge on any atom is -0.497 e. The van der Waals surface area contributed by atoms with Crippen LogP contribution < -0.4 is 9.47 Å². The van der Waals surface area contributed by atoms with Crippen molar-refractivity contribution in [3.63, 3.8) is 0 Å². The summed E-state index contributed by atoms with van der Waals surface area (Å²) < 4.78 is 10.5. The lowest BCUT2D eigenvalue weighted by Crippen LogP contribution is -2.50. The van der Waals surface area contributed by atoms with Gasteiger partial charge < -0.3 is 19.3 Å². The van der Waals surface area contributed by atoms with E-state index in [2.05, 4.69) is 12.6 Å². The van der Waals surface area contributed by atoms with E-state index in [1.807, 2.05) is 12.1 Å². The van der Waals surface area contributed by atoms with Crippen LogP contribution in [0.2, 0.25) is 0 Å². The third-order valence-corrected chi connectivity index (χ3v) is 4.98. The molecule has 2 aromatic carbocycles. The van der Waals surface area contributed by atoms with Crippen molar-refractivity contribution in [2.75, 3.05) is 40.4 Å². The molecular weight excluding hydrogens is 364 g/mol. The van der Waals surface area contributed by atoms with E-state index < -0.39 is 0 Å². The number of methoxy groups -OCH3 is 2. The van der Waals surface area contributed by atoms with Crippen LogP contribution in [0.4, 0.5) is 0 Å². The molecule has 1 saturated heterocycles. The number of rotatable bonds is 4. The summed E-state index contributed by atoms with van der Waals surface area (Å²) in [5.74, 6) is 0.971. The van der Waals surface area contributed by atoms with Gasteiger partial charge >= 0.3 is 0 Å². The standard InChI is InChI=1S/C20H22N2O4S/c1-25-15-11-14(12-16(13-15)26-2)19(23)21-7-9-22(10-8-21)20(24)17-5-3-4-6-18(17)27/h3-6,11-13,27H,7-10H2,1-2H3.